The van der Waals surface area contributed by atoms with Crippen molar-refractivity contribution >= 4 is 22.5 Å². The summed E-state index contributed by atoms with van der Waals surface area (Å²) in [6.45, 7) is 2.35. The fourth-order valence-electron chi connectivity index (χ4n) is 2.99. The third-order valence-corrected chi connectivity index (χ3v) is 4.53. The SMILES string of the molecule is COCCNC(=NCc1ccc([N+](=O)[O-])cc1)NCCc1c[nH]c2ccccc12. The van der Waals surface area contributed by atoms with Crippen LogP contribution >= 0.6 is 0 Å². The van der Waals surface area contributed by atoms with Gasteiger partial charge in [-0.3, -0.25) is 10.1 Å². The highest BCUT2D eigenvalue weighted by atomic mass is 16.6. The van der Waals surface area contributed by atoms with E-state index >= 15 is 0 Å². The largest absolute Gasteiger partial charge is 0.383 e. The summed E-state index contributed by atoms with van der Waals surface area (Å²) in [5.74, 6) is 0.681. The molecule has 0 fully saturated rings. The summed E-state index contributed by atoms with van der Waals surface area (Å²) in [5, 5.41) is 18.6. The zero-order chi connectivity index (χ0) is 20.5. The molecule has 8 nitrogen and oxygen atoms in total. The Labute approximate surface area is 169 Å². The average Bonchev–Trinajstić information content (AvgIpc) is 3.15. The number of aliphatic imine (C=N–C) groups is 1. The minimum Gasteiger partial charge on any atom is -0.383 e. The number of nitro benzene ring substituents is 1. The van der Waals surface area contributed by atoms with E-state index in [1.165, 1.54) is 23.1 Å². The fourth-order valence-corrected chi connectivity index (χ4v) is 2.99. The van der Waals surface area contributed by atoms with Gasteiger partial charge >= 0.3 is 0 Å². The number of H-pyrrole nitrogens is 1. The maximum absolute atomic E-state index is 10.8. The lowest BCUT2D eigenvalue weighted by atomic mass is 10.1. The molecule has 3 rings (SSSR count). The molecule has 3 N–H and O–H groups in total. The van der Waals surface area contributed by atoms with E-state index in [1.54, 1.807) is 19.2 Å². The molecule has 0 radical (unpaired) electrons. The van der Waals surface area contributed by atoms with Crippen LogP contribution in [0.2, 0.25) is 0 Å². The van der Waals surface area contributed by atoms with Crippen molar-refractivity contribution in [2.75, 3.05) is 26.8 Å². The van der Waals surface area contributed by atoms with Crippen LogP contribution < -0.4 is 10.6 Å². The van der Waals surface area contributed by atoms with E-state index in [9.17, 15) is 10.1 Å². The number of para-hydroxylation sites is 1. The van der Waals surface area contributed by atoms with E-state index in [1.807, 2.05) is 18.3 Å². The Bertz CT molecular complexity index is 966. The molecule has 0 spiro atoms. The van der Waals surface area contributed by atoms with E-state index < -0.39 is 4.92 Å². The zero-order valence-corrected chi connectivity index (χ0v) is 16.4. The molecule has 0 saturated carbocycles. The predicted octanol–water partition coefficient (Wildman–Crippen LogP) is 3.00. The number of aromatic amines is 1. The second-order valence-electron chi connectivity index (χ2n) is 6.54. The van der Waals surface area contributed by atoms with Gasteiger partial charge in [-0.25, -0.2) is 4.99 Å². The van der Waals surface area contributed by atoms with Crippen molar-refractivity contribution in [3.63, 3.8) is 0 Å². The molecule has 3 aromatic rings. The Hall–Kier alpha value is -3.39. The van der Waals surface area contributed by atoms with Crippen molar-refractivity contribution in [2.45, 2.75) is 13.0 Å². The highest BCUT2D eigenvalue weighted by Crippen LogP contribution is 2.17. The predicted molar refractivity (Wildman–Crippen MR) is 114 cm³/mol. The second-order valence-corrected chi connectivity index (χ2v) is 6.54. The number of ether oxygens (including phenoxy) is 1. The van der Waals surface area contributed by atoms with Crippen LogP contribution in [0, 0.1) is 10.1 Å². The van der Waals surface area contributed by atoms with Gasteiger partial charge in [-0.05, 0) is 23.6 Å². The Kier molecular flexibility index (Phi) is 7.18. The van der Waals surface area contributed by atoms with Crippen molar-refractivity contribution in [2.24, 2.45) is 4.99 Å². The monoisotopic (exact) mass is 395 g/mol. The van der Waals surface area contributed by atoms with Gasteiger partial charge in [0.2, 0.25) is 0 Å². The minimum absolute atomic E-state index is 0.0769. The number of methoxy groups -OCH3 is 1. The lowest BCUT2D eigenvalue weighted by Crippen LogP contribution is -2.40. The fraction of sp³-hybridized carbons (Fsp3) is 0.286. The van der Waals surface area contributed by atoms with E-state index in [-0.39, 0.29) is 5.69 Å². The van der Waals surface area contributed by atoms with Crippen LogP contribution in [0.5, 0.6) is 0 Å². The molecule has 2 aromatic carbocycles. The number of aromatic nitrogens is 1. The number of hydrogen-bond acceptors (Lipinski definition) is 4. The van der Waals surface area contributed by atoms with Crippen LogP contribution in [0.1, 0.15) is 11.1 Å². The molecule has 1 aromatic heterocycles. The number of nitrogens with zero attached hydrogens (tertiary/aromatic N) is 2. The molecular formula is C21H25N5O3. The number of fused-ring (bicyclic) bond motifs is 1. The Morgan fingerprint density at radius 3 is 2.66 bits per heavy atom. The number of rotatable bonds is 9. The average molecular weight is 395 g/mol. The molecule has 0 amide bonds. The molecule has 8 heteroatoms. The van der Waals surface area contributed by atoms with Gasteiger partial charge in [-0.1, -0.05) is 30.3 Å². The molecule has 0 atom stereocenters. The van der Waals surface area contributed by atoms with Gasteiger partial charge in [0.15, 0.2) is 5.96 Å². The van der Waals surface area contributed by atoms with Gasteiger partial charge in [-0.2, -0.15) is 0 Å². The van der Waals surface area contributed by atoms with Gasteiger partial charge in [0, 0.05) is 49.4 Å². The molecular weight excluding hydrogens is 370 g/mol. The quantitative estimate of drug-likeness (QED) is 0.170. The second kappa shape index (κ2) is 10.2. The molecule has 29 heavy (non-hydrogen) atoms. The van der Waals surface area contributed by atoms with Crippen molar-refractivity contribution in [1.82, 2.24) is 15.6 Å². The van der Waals surface area contributed by atoms with Gasteiger partial charge in [-0.15, -0.1) is 0 Å². The summed E-state index contributed by atoms with van der Waals surface area (Å²) in [5.41, 5.74) is 3.36. The van der Waals surface area contributed by atoms with Gasteiger partial charge in [0.1, 0.15) is 0 Å². The van der Waals surface area contributed by atoms with Crippen LogP contribution in [0.4, 0.5) is 5.69 Å². The van der Waals surface area contributed by atoms with E-state index in [0.29, 0.717) is 25.7 Å². The first-order valence-corrected chi connectivity index (χ1v) is 9.47. The Morgan fingerprint density at radius 1 is 1.14 bits per heavy atom. The summed E-state index contributed by atoms with van der Waals surface area (Å²) in [6, 6.07) is 14.7. The smallest absolute Gasteiger partial charge is 0.269 e. The zero-order valence-electron chi connectivity index (χ0n) is 16.4. The topological polar surface area (TPSA) is 105 Å². The molecule has 0 aliphatic carbocycles. The third kappa shape index (κ3) is 5.79. The molecule has 152 valence electrons. The first kappa shape index (κ1) is 20.3. The minimum atomic E-state index is -0.406. The Morgan fingerprint density at radius 2 is 1.90 bits per heavy atom. The van der Waals surface area contributed by atoms with Crippen LogP contribution in [-0.2, 0) is 17.7 Å². The lowest BCUT2D eigenvalue weighted by Gasteiger charge is -2.12. The van der Waals surface area contributed by atoms with E-state index in [2.05, 4.69) is 32.7 Å². The summed E-state index contributed by atoms with van der Waals surface area (Å²) in [7, 11) is 1.65. The molecule has 0 aliphatic heterocycles. The molecule has 0 unspecified atom stereocenters. The number of nitrogens with one attached hydrogen (secondary N) is 3. The maximum Gasteiger partial charge on any atom is 0.269 e. The summed E-state index contributed by atoms with van der Waals surface area (Å²) in [4.78, 5) is 18.2. The standard InChI is InChI=1S/C21H25N5O3/c1-29-13-12-23-21(25-14-16-6-8-18(9-7-16)26(27)28)22-11-10-17-15-24-20-5-3-2-4-19(17)20/h2-9,15,24H,10-14H2,1H3,(H2,22,23,25). The highest BCUT2D eigenvalue weighted by Gasteiger charge is 2.06. The number of benzene rings is 2. The van der Waals surface area contributed by atoms with E-state index in [0.717, 1.165) is 24.0 Å². The normalized spacial score (nSPS) is 11.6. The number of hydrogen-bond donors (Lipinski definition) is 3. The summed E-state index contributed by atoms with van der Waals surface area (Å²) in [6.07, 6.45) is 2.89. The van der Waals surface area contributed by atoms with Crippen LogP contribution in [0.3, 0.4) is 0 Å². The van der Waals surface area contributed by atoms with Crippen molar-refractivity contribution < 1.29 is 9.66 Å². The van der Waals surface area contributed by atoms with Gasteiger partial charge < -0.3 is 20.4 Å². The first-order chi connectivity index (χ1) is 14.2. The van der Waals surface area contributed by atoms with E-state index in [4.69, 9.17) is 4.74 Å². The molecule has 0 bridgehead atoms. The van der Waals surface area contributed by atoms with Gasteiger partial charge in [0.25, 0.3) is 5.69 Å². The van der Waals surface area contributed by atoms with Crippen molar-refractivity contribution in [3.8, 4) is 0 Å². The number of nitro groups is 1. The van der Waals surface area contributed by atoms with Crippen LogP contribution in [0.25, 0.3) is 10.9 Å². The molecule has 0 aliphatic rings. The Balaban J connectivity index is 1.59. The molecule has 0 saturated heterocycles. The summed E-state index contributed by atoms with van der Waals surface area (Å²) < 4.78 is 5.09. The third-order valence-electron chi connectivity index (χ3n) is 4.53. The van der Waals surface area contributed by atoms with Crippen molar-refractivity contribution in [3.05, 3.63) is 76.0 Å². The highest BCUT2D eigenvalue weighted by molar-refractivity contribution is 5.83. The maximum atomic E-state index is 10.8. The van der Waals surface area contributed by atoms with Crippen LogP contribution in [-0.4, -0.2) is 42.7 Å². The summed E-state index contributed by atoms with van der Waals surface area (Å²) >= 11 is 0. The van der Waals surface area contributed by atoms with Crippen molar-refractivity contribution in [1.29, 1.82) is 0 Å². The lowest BCUT2D eigenvalue weighted by molar-refractivity contribution is -0.384. The van der Waals surface area contributed by atoms with Crippen LogP contribution in [0.15, 0.2) is 59.7 Å². The van der Waals surface area contributed by atoms with Gasteiger partial charge in [0.05, 0.1) is 18.1 Å². The number of non-ortho nitro benzene ring substituents is 1. The molecule has 1 heterocycles. The first-order valence-electron chi connectivity index (χ1n) is 9.47. The number of guanidine groups is 1.